The van der Waals surface area contributed by atoms with Crippen molar-refractivity contribution in [1.29, 1.82) is 0 Å². The Labute approximate surface area is 159 Å². The van der Waals surface area contributed by atoms with Crippen molar-refractivity contribution < 1.29 is 19.2 Å². The molecule has 1 aliphatic heterocycles. The van der Waals surface area contributed by atoms with Gasteiger partial charge in [0.2, 0.25) is 0 Å². The van der Waals surface area contributed by atoms with E-state index in [0.717, 1.165) is 10.4 Å². The molecular formula is C20H16N2O4S. The zero-order valence-electron chi connectivity index (χ0n) is 14.7. The summed E-state index contributed by atoms with van der Waals surface area (Å²) in [4.78, 5) is 27.6. The van der Waals surface area contributed by atoms with Gasteiger partial charge in [0.25, 0.3) is 5.78 Å². The highest BCUT2D eigenvalue weighted by atomic mass is 32.1. The molecule has 4 rings (SSSR count). The third-order valence-corrected chi connectivity index (χ3v) is 5.37. The van der Waals surface area contributed by atoms with Crippen LogP contribution in [0.4, 0.5) is 5.82 Å². The Morgan fingerprint density at radius 2 is 1.93 bits per heavy atom. The molecule has 1 saturated heterocycles. The van der Waals surface area contributed by atoms with Crippen molar-refractivity contribution in [2.24, 2.45) is 0 Å². The molecule has 0 spiro atoms. The van der Waals surface area contributed by atoms with Crippen LogP contribution in [0.5, 0.6) is 0 Å². The van der Waals surface area contributed by atoms with E-state index in [1.807, 2.05) is 36.6 Å². The Bertz CT molecular complexity index is 1050. The second kappa shape index (κ2) is 6.51. The molecule has 1 amide bonds. The Morgan fingerprint density at radius 3 is 2.52 bits per heavy atom. The number of ketones is 1. The summed E-state index contributed by atoms with van der Waals surface area (Å²) >= 11 is 1.40. The standard InChI is InChI=1S/C20H16N2O4S/c1-11-5-7-13(8-6-11)18(23)16-17(14-4-3-9-27-14)22(20(25)19(16)24)15-10-12(2)26-21-15/h3-10,17,23H,1-2H3. The molecule has 1 fully saturated rings. The van der Waals surface area contributed by atoms with E-state index in [1.54, 1.807) is 25.1 Å². The molecule has 136 valence electrons. The number of hydrogen-bond donors (Lipinski definition) is 1. The molecule has 1 aliphatic rings. The molecular weight excluding hydrogens is 364 g/mol. The summed E-state index contributed by atoms with van der Waals surface area (Å²) in [6.07, 6.45) is 0. The van der Waals surface area contributed by atoms with Crippen molar-refractivity contribution in [3.8, 4) is 0 Å². The first-order chi connectivity index (χ1) is 13.0. The van der Waals surface area contributed by atoms with Crippen LogP contribution < -0.4 is 4.90 Å². The number of Topliss-reactive ketones (excluding diaryl/α,β-unsaturated/α-hetero) is 1. The first-order valence-electron chi connectivity index (χ1n) is 8.32. The minimum absolute atomic E-state index is 0.0481. The fourth-order valence-electron chi connectivity index (χ4n) is 3.12. The maximum absolute atomic E-state index is 12.8. The first kappa shape index (κ1) is 17.2. The number of hydrogen-bond acceptors (Lipinski definition) is 6. The lowest BCUT2D eigenvalue weighted by Gasteiger charge is -2.21. The fraction of sp³-hybridized carbons (Fsp3) is 0.150. The van der Waals surface area contributed by atoms with E-state index < -0.39 is 17.7 Å². The van der Waals surface area contributed by atoms with Crippen LogP contribution in [-0.2, 0) is 9.59 Å². The van der Waals surface area contributed by atoms with Gasteiger partial charge in [0, 0.05) is 16.5 Å². The number of nitrogens with zero attached hydrogens (tertiary/aromatic N) is 2. The lowest BCUT2D eigenvalue weighted by atomic mass is 9.99. The van der Waals surface area contributed by atoms with Gasteiger partial charge >= 0.3 is 5.91 Å². The fourth-order valence-corrected chi connectivity index (χ4v) is 3.94. The average Bonchev–Trinajstić information content (AvgIpc) is 3.37. The smallest absolute Gasteiger partial charge is 0.301 e. The van der Waals surface area contributed by atoms with Crippen molar-refractivity contribution >= 4 is 34.6 Å². The predicted molar refractivity (Wildman–Crippen MR) is 102 cm³/mol. The molecule has 0 saturated carbocycles. The Morgan fingerprint density at radius 1 is 1.19 bits per heavy atom. The zero-order valence-corrected chi connectivity index (χ0v) is 15.5. The molecule has 3 aromatic rings. The quantitative estimate of drug-likeness (QED) is 0.422. The molecule has 7 heteroatoms. The molecule has 27 heavy (non-hydrogen) atoms. The van der Waals surface area contributed by atoms with Crippen molar-refractivity contribution in [1.82, 2.24) is 5.16 Å². The number of aryl methyl sites for hydroxylation is 2. The van der Waals surface area contributed by atoms with Gasteiger partial charge in [-0.25, -0.2) is 0 Å². The lowest BCUT2D eigenvalue weighted by molar-refractivity contribution is -0.132. The van der Waals surface area contributed by atoms with Gasteiger partial charge in [0.1, 0.15) is 17.6 Å². The lowest BCUT2D eigenvalue weighted by Crippen LogP contribution is -2.29. The van der Waals surface area contributed by atoms with E-state index in [9.17, 15) is 14.7 Å². The van der Waals surface area contributed by atoms with Gasteiger partial charge < -0.3 is 9.63 Å². The third kappa shape index (κ3) is 2.86. The molecule has 0 radical (unpaired) electrons. The summed E-state index contributed by atoms with van der Waals surface area (Å²) in [5.74, 6) is -0.914. The third-order valence-electron chi connectivity index (χ3n) is 4.44. The molecule has 2 aromatic heterocycles. The van der Waals surface area contributed by atoms with Gasteiger partial charge in [0.15, 0.2) is 5.82 Å². The van der Waals surface area contributed by atoms with Crippen molar-refractivity contribution in [2.45, 2.75) is 19.9 Å². The second-order valence-electron chi connectivity index (χ2n) is 6.35. The minimum Gasteiger partial charge on any atom is -0.507 e. The van der Waals surface area contributed by atoms with Crippen molar-refractivity contribution in [3.63, 3.8) is 0 Å². The number of anilines is 1. The van der Waals surface area contributed by atoms with Gasteiger partial charge in [-0.2, -0.15) is 0 Å². The molecule has 1 unspecified atom stereocenters. The molecule has 0 bridgehead atoms. The molecule has 3 heterocycles. The molecule has 1 atom stereocenters. The number of benzene rings is 1. The van der Waals surface area contributed by atoms with Crippen LogP contribution in [0.3, 0.4) is 0 Å². The van der Waals surface area contributed by atoms with E-state index in [-0.39, 0.29) is 17.2 Å². The second-order valence-corrected chi connectivity index (χ2v) is 7.33. The predicted octanol–water partition coefficient (Wildman–Crippen LogP) is 3.98. The number of rotatable bonds is 3. The maximum Gasteiger partial charge on any atom is 0.301 e. The largest absolute Gasteiger partial charge is 0.507 e. The SMILES string of the molecule is Cc1ccc(C(O)=C2C(=O)C(=O)N(c3cc(C)on3)C2c2cccs2)cc1. The number of aromatic nitrogens is 1. The van der Waals surface area contributed by atoms with E-state index in [2.05, 4.69) is 5.16 Å². The summed E-state index contributed by atoms with van der Waals surface area (Å²) in [5, 5.41) is 16.6. The average molecular weight is 380 g/mol. The molecule has 1 N–H and O–H groups in total. The van der Waals surface area contributed by atoms with Crippen LogP contribution in [0, 0.1) is 13.8 Å². The summed E-state index contributed by atoms with van der Waals surface area (Å²) in [5.41, 5.74) is 1.56. The molecule has 0 aliphatic carbocycles. The Kier molecular flexibility index (Phi) is 4.16. The van der Waals surface area contributed by atoms with Crippen LogP contribution in [0.25, 0.3) is 5.76 Å². The summed E-state index contributed by atoms with van der Waals surface area (Å²) in [7, 11) is 0. The topological polar surface area (TPSA) is 83.6 Å². The number of aliphatic hydroxyl groups is 1. The normalized spacial score (nSPS) is 19.0. The highest BCUT2D eigenvalue weighted by molar-refractivity contribution is 7.10. The number of amides is 1. The van der Waals surface area contributed by atoms with Crippen LogP contribution >= 0.6 is 11.3 Å². The molecule has 6 nitrogen and oxygen atoms in total. The number of thiophene rings is 1. The van der Waals surface area contributed by atoms with Gasteiger partial charge in [-0.15, -0.1) is 11.3 Å². The van der Waals surface area contributed by atoms with Crippen LogP contribution in [0.15, 0.2) is 57.9 Å². The highest BCUT2D eigenvalue weighted by Crippen LogP contribution is 2.43. The molecule has 1 aromatic carbocycles. The van der Waals surface area contributed by atoms with Crippen LogP contribution in [0.2, 0.25) is 0 Å². The van der Waals surface area contributed by atoms with E-state index in [0.29, 0.717) is 11.3 Å². The van der Waals surface area contributed by atoms with Gasteiger partial charge in [-0.1, -0.05) is 41.1 Å². The number of carbonyl (C=O) groups excluding carboxylic acids is 2. The minimum atomic E-state index is -0.754. The van der Waals surface area contributed by atoms with Crippen LogP contribution in [-0.4, -0.2) is 22.0 Å². The first-order valence-corrected chi connectivity index (χ1v) is 9.20. The maximum atomic E-state index is 12.8. The summed E-state index contributed by atoms with van der Waals surface area (Å²) in [6.45, 7) is 3.64. The zero-order chi connectivity index (χ0) is 19.1. The van der Waals surface area contributed by atoms with E-state index in [4.69, 9.17) is 4.52 Å². The van der Waals surface area contributed by atoms with Crippen molar-refractivity contribution in [2.75, 3.05) is 4.90 Å². The van der Waals surface area contributed by atoms with E-state index >= 15 is 0 Å². The Hall–Kier alpha value is -3.19. The van der Waals surface area contributed by atoms with E-state index in [1.165, 1.54) is 16.2 Å². The van der Waals surface area contributed by atoms with Gasteiger partial charge in [-0.3, -0.25) is 14.5 Å². The van der Waals surface area contributed by atoms with Crippen LogP contribution in [0.1, 0.15) is 27.8 Å². The summed E-state index contributed by atoms with van der Waals surface area (Å²) < 4.78 is 5.09. The monoisotopic (exact) mass is 380 g/mol. The number of carbonyl (C=O) groups is 2. The van der Waals surface area contributed by atoms with Crippen molar-refractivity contribution in [3.05, 3.63) is 75.2 Å². The number of aliphatic hydroxyl groups excluding tert-OH is 1. The van der Waals surface area contributed by atoms with Gasteiger partial charge in [0.05, 0.1) is 5.57 Å². The summed E-state index contributed by atoms with van der Waals surface area (Å²) in [6, 6.07) is 11.6. The van der Waals surface area contributed by atoms with Gasteiger partial charge in [-0.05, 0) is 25.3 Å². The Balaban J connectivity index is 1.92. The highest BCUT2D eigenvalue weighted by Gasteiger charge is 2.48.